The summed E-state index contributed by atoms with van der Waals surface area (Å²) in [6.07, 6.45) is 0.0534. The fraction of sp³-hybridized carbons (Fsp3) is 0.304. The van der Waals surface area contributed by atoms with Crippen molar-refractivity contribution in [2.75, 3.05) is 30.1 Å². The molecule has 174 valence electrons. The Bertz CT molecular complexity index is 1080. The van der Waals surface area contributed by atoms with E-state index in [1.165, 1.54) is 11.8 Å². The smallest absolute Gasteiger partial charge is 0.234 e. The first-order chi connectivity index (χ1) is 16.0. The minimum absolute atomic E-state index is 0.0534. The maximum absolute atomic E-state index is 12.5. The van der Waals surface area contributed by atoms with Crippen LogP contribution in [-0.2, 0) is 22.6 Å². The summed E-state index contributed by atoms with van der Waals surface area (Å²) in [5, 5.41) is 14.6. The summed E-state index contributed by atoms with van der Waals surface area (Å²) in [5.41, 5.74) is 1.28. The molecular weight excluding hydrogens is 442 g/mol. The molecule has 1 aromatic heterocycles. The van der Waals surface area contributed by atoms with Crippen molar-refractivity contribution in [2.45, 2.75) is 32.0 Å². The zero-order valence-electron chi connectivity index (χ0n) is 18.8. The third kappa shape index (κ3) is 6.72. The van der Waals surface area contributed by atoms with Crippen LogP contribution in [0.15, 0.2) is 53.7 Å². The highest BCUT2D eigenvalue weighted by Crippen LogP contribution is 2.24. The third-order valence-corrected chi connectivity index (χ3v) is 5.56. The number of carbonyl (C=O) groups excluding carboxylic acids is 2. The molecule has 10 heteroatoms. The second-order valence-corrected chi connectivity index (χ2v) is 7.81. The van der Waals surface area contributed by atoms with E-state index >= 15 is 0 Å². The van der Waals surface area contributed by atoms with Gasteiger partial charge in [-0.1, -0.05) is 23.9 Å². The number of benzene rings is 2. The molecule has 33 heavy (non-hydrogen) atoms. The number of nitrogens with zero attached hydrogens (tertiary/aromatic N) is 3. The van der Waals surface area contributed by atoms with Crippen molar-refractivity contribution in [2.24, 2.45) is 0 Å². The molecule has 0 radical (unpaired) electrons. The number of thioether (sulfide) groups is 1. The number of aromatic nitrogens is 3. The van der Waals surface area contributed by atoms with Gasteiger partial charge in [-0.05, 0) is 50.2 Å². The number of ether oxygens (including phenoxy) is 2. The zero-order valence-corrected chi connectivity index (χ0v) is 19.6. The molecule has 0 bridgehead atoms. The fourth-order valence-corrected chi connectivity index (χ4v) is 3.91. The van der Waals surface area contributed by atoms with Crippen LogP contribution in [0.25, 0.3) is 0 Å². The van der Waals surface area contributed by atoms with E-state index in [1.54, 1.807) is 31.4 Å². The van der Waals surface area contributed by atoms with Gasteiger partial charge in [0.1, 0.15) is 17.3 Å². The highest BCUT2D eigenvalue weighted by atomic mass is 32.2. The van der Waals surface area contributed by atoms with Crippen LogP contribution in [0.4, 0.5) is 11.4 Å². The molecule has 0 unspecified atom stereocenters. The van der Waals surface area contributed by atoms with Crippen molar-refractivity contribution in [3.8, 4) is 11.5 Å². The third-order valence-electron chi connectivity index (χ3n) is 4.59. The van der Waals surface area contributed by atoms with E-state index in [2.05, 4.69) is 20.8 Å². The van der Waals surface area contributed by atoms with Crippen LogP contribution in [0.1, 0.15) is 19.7 Å². The molecule has 0 aliphatic heterocycles. The Labute approximate surface area is 196 Å². The molecule has 0 atom stereocenters. The first kappa shape index (κ1) is 24.1. The lowest BCUT2D eigenvalue weighted by molar-refractivity contribution is -0.116. The highest BCUT2D eigenvalue weighted by Gasteiger charge is 2.17. The minimum Gasteiger partial charge on any atom is -0.495 e. The summed E-state index contributed by atoms with van der Waals surface area (Å²) < 4.78 is 12.5. The van der Waals surface area contributed by atoms with Crippen molar-refractivity contribution in [3.05, 3.63) is 54.4 Å². The molecule has 2 aromatic carbocycles. The molecule has 2 N–H and O–H groups in total. The monoisotopic (exact) mass is 469 g/mol. The highest BCUT2D eigenvalue weighted by molar-refractivity contribution is 7.99. The van der Waals surface area contributed by atoms with Crippen molar-refractivity contribution in [1.82, 2.24) is 14.8 Å². The van der Waals surface area contributed by atoms with Gasteiger partial charge in [-0.3, -0.25) is 9.59 Å². The average molecular weight is 470 g/mol. The van der Waals surface area contributed by atoms with E-state index in [9.17, 15) is 9.59 Å². The molecule has 0 fully saturated rings. The van der Waals surface area contributed by atoms with Crippen molar-refractivity contribution < 1.29 is 19.1 Å². The molecule has 3 aromatic rings. The molecule has 9 nitrogen and oxygen atoms in total. The fourth-order valence-electron chi connectivity index (χ4n) is 3.09. The Morgan fingerprint density at radius 3 is 2.45 bits per heavy atom. The van der Waals surface area contributed by atoms with Crippen LogP contribution >= 0.6 is 11.8 Å². The lowest BCUT2D eigenvalue weighted by atomic mass is 10.2. The van der Waals surface area contributed by atoms with Gasteiger partial charge in [-0.25, -0.2) is 0 Å². The van der Waals surface area contributed by atoms with Gasteiger partial charge in [0.25, 0.3) is 0 Å². The van der Waals surface area contributed by atoms with Crippen LogP contribution in [-0.4, -0.2) is 46.0 Å². The van der Waals surface area contributed by atoms with E-state index < -0.39 is 0 Å². The maximum Gasteiger partial charge on any atom is 0.234 e. The summed E-state index contributed by atoms with van der Waals surface area (Å²) in [6, 6.07) is 14.4. The topological polar surface area (TPSA) is 107 Å². The molecular formula is C23H27N5O4S. The number of carbonyl (C=O) groups is 2. The van der Waals surface area contributed by atoms with Crippen LogP contribution in [0.2, 0.25) is 0 Å². The molecule has 0 aliphatic rings. The Morgan fingerprint density at radius 2 is 1.76 bits per heavy atom. The standard InChI is InChI=1S/C23H27N5O4S/c1-4-28-20(14-21(29)25-18-8-6-7-9-19(18)31-3)26-27-23(28)33-15-22(30)24-16-10-12-17(13-11-16)32-5-2/h6-13H,4-5,14-15H2,1-3H3,(H,24,30)(H,25,29). The zero-order chi connectivity index (χ0) is 23.6. The number of amides is 2. The van der Waals surface area contributed by atoms with Crippen molar-refractivity contribution in [1.29, 1.82) is 0 Å². The van der Waals surface area contributed by atoms with Gasteiger partial charge in [0.05, 0.1) is 31.6 Å². The molecule has 0 aliphatic carbocycles. The molecule has 3 rings (SSSR count). The maximum atomic E-state index is 12.5. The largest absolute Gasteiger partial charge is 0.495 e. The molecule has 0 saturated carbocycles. The minimum atomic E-state index is -0.230. The molecule has 0 saturated heterocycles. The second-order valence-electron chi connectivity index (χ2n) is 6.86. The lowest BCUT2D eigenvalue weighted by Gasteiger charge is -2.10. The van der Waals surface area contributed by atoms with Gasteiger partial charge in [0, 0.05) is 12.2 Å². The quantitative estimate of drug-likeness (QED) is 0.413. The number of hydrogen-bond acceptors (Lipinski definition) is 7. The van der Waals surface area contributed by atoms with Gasteiger partial charge >= 0.3 is 0 Å². The van der Waals surface area contributed by atoms with E-state index in [1.807, 2.05) is 42.7 Å². The van der Waals surface area contributed by atoms with E-state index in [0.717, 1.165) is 5.75 Å². The first-order valence-corrected chi connectivity index (χ1v) is 11.5. The van der Waals surface area contributed by atoms with Crippen molar-refractivity contribution >= 4 is 35.0 Å². The van der Waals surface area contributed by atoms with E-state index in [4.69, 9.17) is 9.47 Å². The summed E-state index contributed by atoms with van der Waals surface area (Å²) in [4.78, 5) is 24.9. The van der Waals surface area contributed by atoms with E-state index in [-0.39, 0.29) is 24.0 Å². The van der Waals surface area contributed by atoms with Crippen LogP contribution in [0.3, 0.4) is 0 Å². The Morgan fingerprint density at radius 1 is 1.00 bits per heavy atom. The van der Waals surface area contributed by atoms with Gasteiger partial charge < -0.3 is 24.7 Å². The van der Waals surface area contributed by atoms with Crippen LogP contribution in [0.5, 0.6) is 11.5 Å². The summed E-state index contributed by atoms with van der Waals surface area (Å²) >= 11 is 1.27. The summed E-state index contributed by atoms with van der Waals surface area (Å²) in [6.45, 7) is 5.02. The number of methoxy groups -OCH3 is 1. The number of anilines is 2. The molecule has 1 heterocycles. The number of rotatable bonds is 11. The van der Waals surface area contributed by atoms with Gasteiger partial charge in [-0.2, -0.15) is 0 Å². The van der Waals surface area contributed by atoms with E-state index in [0.29, 0.717) is 41.3 Å². The van der Waals surface area contributed by atoms with Crippen LogP contribution < -0.4 is 20.1 Å². The van der Waals surface area contributed by atoms with Gasteiger partial charge in [-0.15, -0.1) is 10.2 Å². The van der Waals surface area contributed by atoms with Crippen molar-refractivity contribution in [3.63, 3.8) is 0 Å². The van der Waals surface area contributed by atoms with Crippen LogP contribution in [0, 0.1) is 0 Å². The second kappa shape index (κ2) is 11.9. The SMILES string of the molecule is CCOc1ccc(NC(=O)CSc2nnc(CC(=O)Nc3ccccc3OC)n2CC)cc1. The van der Waals surface area contributed by atoms with Gasteiger partial charge in [0.2, 0.25) is 11.8 Å². The number of hydrogen-bond donors (Lipinski definition) is 2. The normalized spacial score (nSPS) is 10.5. The number of para-hydroxylation sites is 2. The molecule has 0 spiro atoms. The predicted octanol–water partition coefficient (Wildman–Crippen LogP) is 3.62. The predicted molar refractivity (Wildman–Crippen MR) is 128 cm³/mol. The Kier molecular flexibility index (Phi) is 8.71. The Balaban J connectivity index is 1.56. The van der Waals surface area contributed by atoms with Gasteiger partial charge in [0.15, 0.2) is 5.16 Å². The molecule has 2 amide bonds. The summed E-state index contributed by atoms with van der Waals surface area (Å²) in [7, 11) is 1.55. The summed E-state index contributed by atoms with van der Waals surface area (Å²) in [5.74, 6) is 1.63. The lowest BCUT2D eigenvalue weighted by Crippen LogP contribution is -2.18. The first-order valence-electron chi connectivity index (χ1n) is 10.5. The Hall–Kier alpha value is -3.53. The number of nitrogens with one attached hydrogen (secondary N) is 2. The average Bonchev–Trinajstić information content (AvgIpc) is 3.20.